The van der Waals surface area contributed by atoms with Crippen LogP contribution >= 0.6 is 27.5 Å². The quantitative estimate of drug-likeness (QED) is 0.807. The number of hydrogen-bond acceptors (Lipinski definition) is 4. The summed E-state index contributed by atoms with van der Waals surface area (Å²) >= 11 is 9.51. The van der Waals surface area contributed by atoms with Crippen molar-refractivity contribution < 1.29 is 18.3 Å². The lowest BCUT2D eigenvalue weighted by Gasteiger charge is -2.26. The summed E-state index contributed by atoms with van der Waals surface area (Å²) in [7, 11) is 0. The second-order valence-corrected chi connectivity index (χ2v) is 6.46. The number of amidine groups is 1. The summed E-state index contributed by atoms with van der Waals surface area (Å²) in [5.74, 6) is -0.101. The highest BCUT2D eigenvalue weighted by Gasteiger charge is 2.40. The minimum Gasteiger partial charge on any atom is -0.462 e. The zero-order chi connectivity index (χ0) is 17.3. The van der Waals surface area contributed by atoms with Crippen LogP contribution in [0.5, 0.6) is 5.75 Å². The van der Waals surface area contributed by atoms with Gasteiger partial charge < -0.3 is 15.2 Å². The van der Waals surface area contributed by atoms with Gasteiger partial charge in [0.1, 0.15) is 12.4 Å². The lowest BCUT2D eigenvalue weighted by Crippen LogP contribution is -2.27. The van der Waals surface area contributed by atoms with Crippen LogP contribution in [0.1, 0.15) is 11.1 Å². The minimum absolute atomic E-state index is 0.0546. The Kier molecular flexibility index (Phi) is 4.64. The SMILES string of the molecule is NC1=N[C@](c2cccc(Br)c2)(c2ccc(OC(F)F)c(Cl)c2)CO1. The first-order chi connectivity index (χ1) is 11.4. The fraction of sp³-hybridized carbons (Fsp3) is 0.188. The fourth-order valence-electron chi connectivity index (χ4n) is 2.59. The fourth-order valence-corrected chi connectivity index (χ4v) is 3.21. The van der Waals surface area contributed by atoms with Gasteiger partial charge in [-0.15, -0.1) is 0 Å². The summed E-state index contributed by atoms with van der Waals surface area (Å²) in [5, 5.41) is 0.0582. The highest BCUT2D eigenvalue weighted by atomic mass is 79.9. The Morgan fingerprint density at radius 2 is 2.00 bits per heavy atom. The number of aliphatic imine (C=N–C) groups is 1. The average Bonchev–Trinajstić information content (AvgIpc) is 2.92. The van der Waals surface area contributed by atoms with E-state index < -0.39 is 12.2 Å². The Morgan fingerprint density at radius 1 is 1.25 bits per heavy atom. The number of rotatable bonds is 4. The third-order valence-corrected chi connectivity index (χ3v) is 4.45. The molecule has 2 aromatic carbocycles. The van der Waals surface area contributed by atoms with Crippen molar-refractivity contribution in [3.63, 3.8) is 0 Å². The molecule has 0 aromatic heterocycles. The van der Waals surface area contributed by atoms with Crippen molar-refractivity contribution in [3.8, 4) is 5.75 Å². The molecule has 24 heavy (non-hydrogen) atoms. The van der Waals surface area contributed by atoms with Gasteiger partial charge in [-0.1, -0.05) is 45.7 Å². The molecular formula is C16H12BrClF2N2O2. The van der Waals surface area contributed by atoms with Gasteiger partial charge in [0.15, 0.2) is 5.54 Å². The van der Waals surface area contributed by atoms with E-state index in [0.29, 0.717) is 5.56 Å². The van der Waals surface area contributed by atoms with Gasteiger partial charge in [0.25, 0.3) is 6.02 Å². The molecule has 0 unspecified atom stereocenters. The van der Waals surface area contributed by atoms with Crippen LogP contribution in [-0.4, -0.2) is 19.2 Å². The van der Waals surface area contributed by atoms with Gasteiger partial charge in [-0.3, -0.25) is 0 Å². The second-order valence-electron chi connectivity index (χ2n) is 5.13. The summed E-state index contributed by atoms with van der Waals surface area (Å²) in [4.78, 5) is 4.44. The zero-order valence-electron chi connectivity index (χ0n) is 12.2. The number of benzene rings is 2. The average molecular weight is 418 g/mol. The van der Waals surface area contributed by atoms with Gasteiger partial charge in [0, 0.05) is 4.47 Å². The van der Waals surface area contributed by atoms with Crippen LogP contribution in [0.25, 0.3) is 0 Å². The van der Waals surface area contributed by atoms with E-state index in [2.05, 4.69) is 25.7 Å². The smallest absolute Gasteiger partial charge is 0.387 e. The molecular weight excluding hydrogens is 406 g/mol. The number of nitrogens with two attached hydrogens (primary N) is 1. The molecule has 0 radical (unpaired) electrons. The Morgan fingerprint density at radius 3 is 2.58 bits per heavy atom. The van der Waals surface area contributed by atoms with E-state index in [1.54, 1.807) is 6.07 Å². The number of nitrogens with zero attached hydrogens (tertiary/aromatic N) is 1. The summed E-state index contributed by atoms with van der Waals surface area (Å²) in [6.07, 6.45) is 0. The number of alkyl halides is 2. The van der Waals surface area contributed by atoms with Gasteiger partial charge in [-0.2, -0.15) is 8.78 Å². The van der Waals surface area contributed by atoms with Crippen molar-refractivity contribution in [2.45, 2.75) is 12.2 Å². The largest absolute Gasteiger partial charge is 0.462 e. The molecule has 4 nitrogen and oxygen atoms in total. The molecule has 3 rings (SSSR count). The molecule has 1 aliphatic heterocycles. The molecule has 0 spiro atoms. The van der Waals surface area contributed by atoms with Crippen LogP contribution in [0, 0.1) is 0 Å². The van der Waals surface area contributed by atoms with Gasteiger partial charge in [-0.25, -0.2) is 4.99 Å². The highest BCUT2D eigenvalue weighted by Crippen LogP contribution is 2.41. The van der Waals surface area contributed by atoms with Crippen molar-refractivity contribution in [3.05, 3.63) is 63.1 Å². The monoisotopic (exact) mass is 416 g/mol. The van der Waals surface area contributed by atoms with E-state index in [1.807, 2.05) is 24.3 Å². The van der Waals surface area contributed by atoms with Gasteiger partial charge >= 0.3 is 6.61 Å². The summed E-state index contributed by atoms with van der Waals surface area (Å²) in [5.41, 5.74) is 6.30. The van der Waals surface area contributed by atoms with Crippen LogP contribution in [0.4, 0.5) is 8.78 Å². The van der Waals surface area contributed by atoms with Crippen LogP contribution in [-0.2, 0) is 10.3 Å². The first kappa shape index (κ1) is 17.0. The maximum Gasteiger partial charge on any atom is 0.387 e. The van der Waals surface area contributed by atoms with Gasteiger partial charge in [0.2, 0.25) is 0 Å². The highest BCUT2D eigenvalue weighted by molar-refractivity contribution is 9.10. The van der Waals surface area contributed by atoms with E-state index in [-0.39, 0.29) is 23.4 Å². The van der Waals surface area contributed by atoms with E-state index in [1.165, 1.54) is 12.1 Å². The lowest BCUT2D eigenvalue weighted by molar-refractivity contribution is -0.0498. The second kappa shape index (κ2) is 6.57. The predicted molar refractivity (Wildman–Crippen MR) is 90.6 cm³/mol. The molecule has 2 aromatic rings. The number of hydrogen-bond donors (Lipinski definition) is 1. The van der Waals surface area contributed by atoms with Crippen molar-refractivity contribution in [1.82, 2.24) is 0 Å². The number of halogens is 4. The van der Waals surface area contributed by atoms with Gasteiger partial charge in [-0.05, 0) is 35.4 Å². The molecule has 1 heterocycles. The molecule has 126 valence electrons. The Balaban J connectivity index is 2.10. The van der Waals surface area contributed by atoms with Crippen LogP contribution in [0.15, 0.2) is 51.9 Å². The molecule has 0 saturated heterocycles. The topological polar surface area (TPSA) is 56.8 Å². The summed E-state index contributed by atoms with van der Waals surface area (Å²) in [6.45, 7) is -2.77. The molecule has 1 atom stereocenters. The van der Waals surface area contributed by atoms with Crippen molar-refractivity contribution >= 4 is 33.6 Å². The molecule has 0 fully saturated rings. The Hall–Kier alpha value is -1.86. The standard InChI is InChI=1S/C16H12BrClF2N2O2/c17-11-3-1-2-9(6-11)16(8-23-15(21)22-16)10-4-5-13(12(18)7-10)24-14(19)20/h1-7,14H,8H2,(H2,21,22)/t16-/m1/s1. The van der Waals surface area contributed by atoms with Gasteiger partial charge in [0.05, 0.1) is 5.02 Å². The predicted octanol–water partition coefficient (Wildman–Crippen LogP) is 4.29. The zero-order valence-corrected chi connectivity index (χ0v) is 14.5. The first-order valence-corrected chi connectivity index (χ1v) is 8.07. The van der Waals surface area contributed by atoms with Crippen LogP contribution < -0.4 is 10.5 Å². The molecule has 0 bridgehead atoms. The molecule has 2 N–H and O–H groups in total. The van der Waals surface area contributed by atoms with Crippen LogP contribution in [0.2, 0.25) is 5.02 Å². The van der Waals surface area contributed by atoms with Crippen molar-refractivity contribution in [2.24, 2.45) is 10.7 Å². The van der Waals surface area contributed by atoms with E-state index in [4.69, 9.17) is 22.1 Å². The van der Waals surface area contributed by atoms with Crippen LogP contribution in [0.3, 0.4) is 0 Å². The first-order valence-electron chi connectivity index (χ1n) is 6.90. The van der Waals surface area contributed by atoms with E-state index >= 15 is 0 Å². The third kappa shape index (κ3) is 3.18. The molecule has 0 amide bonds. The Bertz CT molecular complexity index is 803. The maximum absolute atomic E-state index is 12.4. The van der Waals surface area contributed by atoms with Crippen molar-refractivity contribution in [1.29, 1.82) is 0 Å². The normalized spacial score (nSPS) is 20.0. The summed E-state index contributed by atoms with van der Waals surface area (Å²) < 4.78 is 35.4. The molecule has 0 aliphatic carbocycles. The molecule has 0 saturated carbocycles. The minimum atomic E-state index is -2.95. The molecule has 1 aliphatic rings. The third-order valence-electron chi connectivity index (χ3n) is 3.66. The Labute approximate surface area is 150 Å². The van der Waals surface area contributed by atoms with E-state index in [9.17, 15) is 8.78 Å². The molecule has 8 heteroatoms. The van der Waals surface area contributed by atoms with E-state index in [0.717, 1.165) is 10.0 Å². The van der Waals surface area contributed by atoms with Crippen molar-refractivity contribution in [2.75, 3.05) is 6.61 Å². The lowest BCUT2D eigenvalue weighted by atomic mass is 9.84. The number of ether oxygens (including phenoxy) is 2. The maximum atomic E-state index is 12.4. The summed E-state index contributed by atoms with van der Waals surface area (Å²) in [6, 6.07) is 12.1.